The first kappa shape index (κ1) is 14.2. The second-order valence-corrected chi connectivity index (χ2v) is 5.38. The van der Waals surface area contributed by atoms with Crippen LogP contribution in [0, 0.1) is 0 Å². The highest BCUT2D eigenvalue weighted by Gasteiger charge is 2.18. The van der Waals surface area contributed by atoms with E-state index in [0.29, 0.717) is 6.54 Å². The number of hydrogen-bond acceptors (Lipinski definition) is 4. The van der Waals surface area contributed by atoms with Crippen LogP contribution in [0.4, 0.5) is 0 Å². The Labute approximate surface area is 115 Å². The van der Waals surface area contributed by atoms with Crippen LogP contribution in [0.15, 0.2) is 18.2 Å². The molecule has 0 spiro atoms. The lowest BCUT2D eigenvalue weighted by atomic mass is 10.2. The van der Waals surface area contributed by atoms with E-state index in [9.17, 15) is 10.2 Å². The van der Waals surface area contributed by atoms with Gasteiger partial charge >= 0.3 is 0 Å². The van der Waals surface area contributed by atoms with E-state index < -0.39 is 0 Å². The van der Waals surface area contributed by atoms with Crippen LogP contribution in [0.5, 0.6) is 11.5 Å². The summed E-state index contributed by atoms with van der Waals surface area (Å²) in [5.41, 5.74) is 0.739. The number of aromatic hydroxyl groups is 2. The minimum absolute atomic E-state index is 0.0147. The number of likely N-dealkylation sites (N-methyl/N-ethyl adjacent to an activating group) is 1. The van der Waals surface area contributed by atoms with Gasteiger partial charge in [-0.1, -0.05) is 25.0 Å². The quantitative estimate of drug-likeness (QED) is 0.544. The van der Waals surface area contributed by atoms with Crippen molar-refractivity contribution in [2.45, 2.75) is 38.3 Å². The largest absolute Gasteiger partial charge is 0.504 e. The molecule has 0 aromatic heterocycles. The Morgan fingerprint density at radius 3 is 2.74 bits per heavy atom. The third-order valence-electron chi connectivity index (χ3n) is 4.00. The molecule has 0 radical (unpaired) electrons. The summed E-state index contributed by atoms with van der Waals surface area (Å²) in [4.78, 5) is 2.42. The summed E-state index contributed by atoms with van der Waals surface area (Å²) < 4.78 is 0. The molecule has 1 aromatic carbocycles. The lowest BCUT2D eigenvalue weighted by Crippen LogP contribution is -2.35. The van der Waals surface area contributed by atoms with E-state index in [0.717, 1.165) is 24.7 Å². The number of benzene rings is 1. The van der Waals surface area contributed by atoms with Crippen LogP contribution in [-0.4, -0.2) is 41.3 Å². The molecule has 0 saturated heterocycles. The molecule has 106 valence electrons. The van der Waals surface area contributed by atoms with Gasteiger partial charge in [-0.2, -0.15) is 0 Å². The van der Waals surface area contributed by atoms with E-state index in [4.69, 9.17) is 0 Å². The van der Waals surface area contributed by atoms with Gasteiger partial charge < -0.3 is 20.4 Å². The fraction of sp³-hybridized carbons (Fsp3) is 0.600. The fourth-order valence-electron chi connectivity index (χ4n) is 2.73. The molecular formula is C15H24N2O2. The van der Waals surface area contributed by atoms with Crippen LogP contribution in [0.3, 0.4) is 0 Å². The summed E-state index contributed by atoms with van der Waals surface area (Å²) in [5, 5.41) is 22.4. The number of hydrogen-bond donors (Lipinski definition) is 3. The molecule has 1 aliphatic rings. The van der Waals surface area contributed by atoms with E-state index in [1.807, 2.05) is 6.07 Å². The molecule has 0 atom stereocenters. The lowest BCUT2D eigenvalue weighted by Gasteiger charge is -2.24. The van der Waals surface area contributed by atoms with E-state index in [1.54, 1.807) is 6.07 Å². The maximum Gasteiger partial charge on any atom is 0.161 e. The normalized spacial score (nSPS) is 16.3. The Hall–Kier alpha value is -1.26. The highest BCUT2D eigenvalue weighted by molar-refractivity contribution is 5.44. The molecular weight excluding hydrogens is 240 g/mol. The van der Waals surface area contributed by atoms with Gasteiger partial charge in [-0.3, -0.25) is 0 Å². The number of para-hydroxylation sites is 1. The molecule has 1 fully saturated rings. The average Bonchev–Trinajstić information content (AvgIpc) is 2.93. The standard InChI is InChI=1S/C15H24N2O2/c1-17(13-6-2-3-7-13)10-9-16-11-12-5-4-8-14(18)15(12)19/h4-5,8,13,16,18-19H,2-3,6-7,9-11H2,1H3. The van der Waals surface area contributed by atoms with Crippen molar-refractivity contribution in [3.63, 3.8) is 0 Å². The highest BCUT2D eigenvalue weighted by atomic mass is 16.3. The minimum atomic E-state index is -0.0534. The van der Waals surface area contributed by atoms with Crippen molar-refractivity contribution in [3.05, 3.63) is 23.8 Å². The third-order valence-corrected chi connectivity index (χ3v) is 4.00. The number of phenolic OH excluding ortho intramolecular Hbond substituents is 2. The minimum Gasteiger partial charge on any atom is -0.504 e. The smallest absolute Gasteiger partial charge is 0.161 e. The molecule has 4 heteroatoms. The van der Waals surface area contributed by atoms with Gasteiger partial charge in [-0.15, -0.1) is 0 Å². The SMILES string of the molecule is CN(CCNCc1cccc(O)c1O)C1CCCC1. The maximum atomic E-state index is 9.68. The Morgan fingerprint density at radius 2 is 2.00 bits per heavy atom. The van der Waals surface area contributed by atoms with Gasteiger partial charge in [0.2, 0.25) is 0 Å². The fourth-order valence-corrected chi connectivity index (χ4v) is 2.73. The van der Waals surface area contributed by atoms with Gasteiger partial charge in [-0.25, -0.2) is 0 Å². The first-order valence-electron chi connectivity index (χ1n) is 7.09. The summed E-state index contributed by atoms with van der Waals surface area (Å²) in [6, 6.07) is 5.81. The Balaban J connectivity index is 1.70. The van der Waals surface area contributed by atoms with Crippen molar-refractivity contribution in [1.82, 2.24) is 10.2 Å². The number of rotatable bonds is 6. The topological polar surface area (TPSA) is 55.7 Å². The van der Waals surface area contributed by atoms with Gasteiger partial charge in [0, 0.05) is 31.2 Å². The van der Waals surface area contributed by atoms with E-state index in [-0.39, 0.29) is 11.5 Å². The van der Waals surface area contributed by atoms with Gasteiger partial charge in [-0.05, 0) is 26.0 Å². The summed E-state index contributed by atoms with van der Waals surface area (Å²) in [5.74, 6) is -0.0680. The number of phenols is 2. The Morgan fingerprint density at radius 1 is 1.26 bits per heavy atom. The number of nitrogens with zero attached hydrogens (tertiary/aromatic N) is 1. The van der Waals surface area contributed by atoms with Crippen molar-refractivity contribution < 1.29 is 10.2 Å². The zero-order chi connectivity index (χ0) is 13.7. The summed E-state index contributed by atoms with van der Waals surface area (Å²) in [6.45, 7) is 2.49. The van der Waals surface area contributed by atoms with Crippen LogP contribution in [0.1, 0.15) is 31.2 Å². The molecule has 4 nitrogen and oxygen atoms in total. The lowest BCUT2D eigenvalue weighted by molar-refractivity contribution is 0.245. The van der Waals surface area contributed by atoms with Crippen LogP contribution in [0.2, 0.25) is 0 Å². The molecule has 1 aliphatic carbocycles. The predicted octanol–water partition coefficient (Wildman–Crippen LogP) is 2.06. The maximum absolute atomic E-state index is 9.68. The third kappa shape index (κ3) is 3.85. The number of nitrogens with one attached hydrogen (secondary N) is 1. The van der Waals surface area contributed by atoms with Crippen molar-refractivity contribution in [3.8, 4) is 11.5 Å². The van der Waals surface area contributed by atoms with Crippen molar-refractivity contribution in [1.29, 1.82) is 0 Å². The van der Waals surface area contributed by atoms with Crippen LogP contribution >= 0.6 is 0 Å². The van der Waals surface area contributed by atoms with E-state index in [1.165, 1.54) is 31.7 Å². The Bertz CT molecular complexity index is 403. The van der Waals surface area contributed by atoms with Gasteiger partial charge in [0.25, 0.3) is 0 Å². The van der Waals surface area contributed by atoms with Crippen LogP contribution < -0.4 is 5.32 Å². The molecule has 0 unspecified atom stereocenters. The predicted molar refractivity (Wildman–Crippen MR) is 76.4 cm³/mol. The molecule has 19 heavy (non-hydrogen) atoms. The van der Waals surface area contributed by atoms with Crippen molar-refractivity contribution in [2.75, 3.05) is 20.1 Å². The molecule has 0 amide bonds. The van der Waals surface area contributed by atoms with Crippen molar-refractivity contribution >= 4 is 0 Å². The summed E-state index contributed by atoms with van der Waals surface area (Å²) in [7, 11) is 2.18. The van der Waals surface area contributed by atoms with E-state index >= 15 is 0 Å². The van der Waals surface area contributed by atoms with Gasteiger partial charge in [0.15, 0.2) is 11.5 Å². The van der Waals surface area contributed by atoms with Crippen molar-refractivity contribution in [2.24, 2.45) is 0 Å². The van der Waals surface area contributed by atoms with Gasteiger partial charge in [0.05, 0.1) is 0 Å². The first-order valence-corrected chi connectivity index (χ1v) is 7.09. The second-order valence-electron chi connectivity index (χ2n) is 5.38. The zero-order valence-electron chi connectivity index (χ0n) is 11.6. The average molecular weight is 264 g/mol. The monoisotopic (exact) mass is 264 g/mol. The molecule has 0 bridgehead atoms. The summed E-state index contributed by atoms with van der Waals surface area (Å²) >= 11 is 0. The Kier molecular flexibility index (Phi) is 5.05. The molecule has 0 aliphatic heterocycles. The van der Waals surface area contributed by atoms with Crippen LogP contribution in [0.25, 0.3) is 0 Å². The van der Waals surface area contributed by atoms with Crippen LogP contribution in [-0.2, 0) is 6.54 Å². The molecule has 0 heterocycles. The first-order chi connectivity index (χ1) is 9.18. The molecule has 1 aromatic rings. The summed E-state index contributed by atoms with van der Waals surface area (Å²) in [6.07, 6.45) is 5.37. The highest BCUT2D eigenvalue weighted by Crippen LogP contribution is 2.27. The molecule has 3 N–H and O–H groups in total. The van der Waals surface area contributed by atoms with E-state index in [2.05, 4.69) is 17.3 Å². The second kappa shape index (κ2) is 6.78. The van der Waals surface area contributed by atoms with Gasteiger partial charge in [0.1, 0.15) is 0 Å². The molecule has 1 saturated carbocycles. The molecule has 2 rings (SSSR count). The zero-order valence-corrected chi connectivity index (χ0v) is 11.6.